The van der Waals surface area contributed by atoms with Crippen LogP contribution in [0.15, 0.2) is 57.7 Å². The number of halogens is 2. The van der Waals surface area contributed by atoms with Crippen LogP contribution in [0.5, 0.6) is 0 Å². The third-order valence-electron chi connectivity index (χ3n) is 4.54. The minimum atomic E-state index is -0.387. The van der Waals surface area contributed by atoms with Crippen molar-refractivity contribution in [2.75, 3.05) is 7.11 Å². The Morgan fingerprint density at radius 1 is 1.21 bits per heavy atom. The largest absolute Gasteiger partial charge is 0.465 e. The molecular formula is C22H19BrClNO3S. The van der Waals surface area contributed by atoms with Crippen molar-refractivity contribution in [3.8, 4) is 0 Å². The van der Waals surface area contributed by atoms with Crippen LogP contribution in [0.25, 0.3) is 0 Å². The molecular weight excluding hydrogens is 474 g/mol. The zero-order chi connectivity index (χ0) is 21.0. The molecule has 2 aromatic carbocycles. The van der Waals surface area contributed by atoms with Gasteiger partial charge in [-0.1, -0.05) is 35.9 Å². The fourth-order valence-corrected chi connectivity index (χ4v) is 4.59. The summed E-state index contributed by atoms with van der Waals surface area (Å²) in [6, 6.07) is 14.4. The standard InChI is InChI=1S/C22H19BrClNO3S/c1-13(15-6-8-16(9-7-15)22(27)28-2)25-21(26)19-12-29-20(23)18(19)11-14-4-3-5-17(24)10-14/h3-10,12-13H,11H2,1-2H3,(H,25,26). The molecule has 0 aliphatic heterocycles. The number of thiophene rings is 1. The van der Waals surface area contributed by atoms with Gasteiger partial charge in [-0.3, -0.25) is 4.79 Å². The van der Waals surface area contributed by atoms with Crippen LogP contribution < -0.4 is 5.32 Å². The average molecular weight is 493 g/mol. The van der Waals surface area contributed by atoms with E-state index in [9.17, 15) is 9.59 Å². The first-order chi connectivity index (χ1) is 13.9. The molecule has 29 heavy (non-hydrogen) atoms. The van der Waals surface area contributed by atoms with Crippen molar-refractivity contribution in [1.82, 2.24) is 5.32 Å². The topological polar surface area (TPSA) is 55.4 Å². The highest BCUT2D eigenvalue weighted by Crippen LogP contribution is 2.31. The zero-order valence-corrected chi connectivity index (χ0v) is 19.0. The second kappa shape index (κ2) is 9.57. The van der Waals surface area contributed by atoms with E-state index in [4.69, 9.17) is 16.3 Å². The lowest BCUT2D eigenvalue weighted by molar-refractivity contribution is 0.0600. The predicted octanol–water partition coefficient (Wildman–Crippen LogP) is 6.03. The van der Waals surface area contributed by atoms with Crippen LogP contribution in [-0.2, 0) is 11.2 Å². The fourth-order valence-electron chi connectivity index (χ4n) is 2.95. The number of hydrogen-bond acceptors (Lipinski definition) is 4. The van der Waals surface area contributed by atoms with Crippen molar-refractivity contribution in [3.63, 3.8) is 0 Å². The van der Waals surface area contributed by atoms with E-state index >= 15 is 0 Å². The van der Waals surface area contributed by atoms with Crippen molar-refractivity contribution in [2.24, 2.45) is 0 Å². The smallest absolute Gasteiger partial charge is 0.337 e. The van der Waals surface area contributed by atoms with E-state index in [1.54, 1.807) is 12.1 Å². The first-order valence-corrected chi connectivity index (χ1v) is 10.9. The number of amides is 1. The maximum absolute atomic E-state index is 12.9. The van der Waals surface area contributed by atoms with Gasteiger partial charge in [0.25, 0.3) is 5.91 Å². The van der Waals surface area contributed by atoms with Gasteiger partial charge in [-0.05, 0) is 63.8 Å². The SMILES string of the molecule is COC(=O)c1ccc(C(C)NC(=O)c2csc(Br)c2Cc2cccc(Cl)c2)cc1. The first-order valence-electron chi connectivity index (χ1n) is 8.88. The van der Waals surface area contributed by atoms with Crippen LogP contribution in [0.2, 0.25) is 5.02 Å². The number of carbonyl (C=O) groups excluding carboxylic acids is 2. The minimum Gasteiger partial charge on any atom is -0.465 e. The van der Waals surface area contributed by atoms with E-state index in [0.29, 0.717) is 22.6 Å². The van der Waals surface area contributed by atoms with E-state index < -0.39 is 0 Å². The summed E-state index contributed by atoms with van der Waals surface area (Å²) < 4.78 is 5.64. The highest BCUT2D eigenvalue weighted by molar-refractivity contribution is 9.11. The molecule has 0 fully saturated rings. The van der Waals surface area contributed by atoms with Gasteiger partial charge < -0.3 is 10.1 Å². The fraction of sp³-hybridized carbons (Fsp3) is 0.182. The van der Waals surface area contributed by atoms with Gasteiger partial charge in [0, 0.05) is 16.8 Å². The predicted molar refractivity (Wildman–Crippen MR) is 120 cm³/mol. The maximum atomic E-state index is 12.9. The highest BCUT2D eigenvalue weighted by Gasteiger charge is 2.19. The molecule has 0 bridgehead atoms. The lowest BCUT2D eigenvalue weighted by Gasteiger charge is -2.15. The lowest BCUT2D eigenvalue weighted by Crippen LogP contribution is -2.27. The van der Waals surface area contributed by atoms with Crippen molar-refractivity contribution in [3.05, 3.63) is 90.5 Å². The molecule has 1 unspecified atom stereocenters. The summed E-state index contributed by atoms with van der Waals surface area (Å²) in [5.41, 5.74) is 3.98. The Balaban J connectivity index is 1.74. The average Bonchev–Trinajstić information content (AvgIpc) is 3.08. The number of ether oxygens (including phenoxy) is 1. The molecule has 4 nitrogen and oxygen atoms in total. The molecule has 1 heterocycles. The molecule has 1 amide bonds. The van der Waals surface area contributed by atoms with Gasteiger partial charge in [0.1, 0.15) is 0 Å². The summed E-state index contributed by atoms with van der Waals surface area (Å²) >= 11 is 11.1. The van der Waals surface area contributed by atoms with Gasteiger partial charge in [-0.2, -0.15) is 0 Å². The molecule has 7 heteroatoms. The van der Waals surface area contributed by atoms with Gasteiger partial charge >= 0.3 is 5.97 Å². The Hall–Kier alpha value is -2.15. The van der Waals surface area contributed by atoms with Gasteiger partial charge in [0.05, 0.1) is 28.1 Å². The van der Waals surface area contributed by atoms with Crippen molar-refractivity contribution >= 4 is 50.7 Å². The minimum absolute atomic E-state index is 0.145. The lowest BCUT2D eigenvalue weighted by atomic mass is 10.0. The summed E-state index contributed by atoms with van der Waals surface area (Å²) in [6.45, 7) is 1.91. The molecule has 0 spiro atoms. The Morgan fingerprint density at radius 2 is 1.93 bits per heavy atom. The van der Waals surface area contributed by atoms with Crippen molar-refractivity contribution in [2.45, 2.75) is 19.4 Å². The summed E-state index contributed by atoms with van der Waals surface area (Å²) in [4.78, 5) is 24.5. The maximum Gasteiger partial charge on any atom is 0.337 e. The van der Waals surface area contributed by atoms with E-state index in [0.717, 1.165) is 20.5 Å². The molecule has 0 saturated heterocycles. The normalized spacial score (nSPS) is 11.7. The second-order valence-electron chi connectivity index (χ2n) is 6.52. The van der Waals surface area contributed by atoms with Gasteiger partial charge in [0.15, 0.2) is 0 Å². The molecule has 0 saturated carbocycles. The number of rotatable bonds is 6. The summed E-state index contributed by atoms with van der Waals surface area (Å²) in [6.07, 6.45) is 0.607. The monoisotopic (exact) mass is 491 g/mol. The Morgan fingerprint density at radius 3 is 2.59 bits per heavy atom. The quantitative estimate of drug-likeness (QED) is 0.427. The summed E-state index contributed by atoms with van der Waals surface area (Å²) in [5, 5.41) is 5.55. The van der Waals surface area contributed by atoms with Crippen LogP contribution in [0.1, 0.15) is 50.4 Å². The number of hydrogen-bond donors (Lipinski definition) is 1. The van der Waals surface area contributed by atoms with E-state index in [2.05, 4.69) is 21.2 Å². The summed E-state index contributed by atoms with van der Waals surface area (Å²) in [7, 11) is 1.35. The molecule has 1 atom stereocenters. The van der Waals surface area contributed by atoms with Gasteiger partial charge in [-0.25, -0.2) is 4.79 Å². The van der Waals surface area contributed by atoms with E-state index in [-0.39, 0.29) is 17.9 Å². The van der Waals surface area contributed by atoms with Crippen LogP contribution in [0.4, 0.5) is 0 Å². The molecule has 150 valence electrons. The van der Waals surface area contributed by atoms with Gasteiger partial charge in [0.2, 0.25) is 0 Å². The number of benzene rings is 2. The molecule has 0 radical (unpaired) electrons. The molecule has 3 rings (SSSR count). The first kappa shape index (κ1) is 21.6. The van der Waals surface area contributed by atoms with E-state index in [1.807, 2.05) is 48.7 Å². The molecule has 0 aliphatic carbocycles. The summed E-state index contributed by atoms with van der Waals surface area (Å²) in [5.74, 6) is -0.532. The Bertz CT molecular complexity index is 1030. The van der Waals surface area contributed by atoms with E-state index in [1.165, 1.54) is 18.4 Å². The number of esters is 1. The van der Waals surface area contributed by atoms with Crippen molar-refractivity contribution < 1.29 is 14.3 Å². The third kappa shape index (κ3) is 5.26. The molecule has 3 aromatic rings. The van der Waals surface area contributed by atoms with Crippen LogP contribution in [0.3, 0.4) is 0 Å². The Labute approximate surface area is 187 Å². The second-order valence-corrected chi connectivity index (χ2v) is 9.15. The molecule has 1 N–H and O–H groups in total. The van der Waals surface area contributed by atoms with Crippen LogP contribution in [0, 0.1) is 0 Å². The molecule has 1 aromatic heterocycles. The molecule has 0 aliphatic rings. The van der Waals surface area contributed by atoms with Crippen LogP contribution >= 0.6 is 38.9 Å². The van der Waals surface area contributed by atoms with Crippen LogP contribution in [-0.4, -0.2) is 19.0 Å². The highest BCUT2D eigenvalue weighted by atomic mass is 79.9. The third-order valence-corrected chi connectivity index (χ3v) is 6.62. The van der Waals surface area contributed by atoms with Gasteiger partial charge in [-0.15, -0.1) is 11.3 Å². The number of methoxy groups -OCH3 is 1. The number of carbonyl (C=O) groups is 2. The number of nitrogens with one attached hydrogen (secondary N) is 1. The zero-order valence-electron chi connectivity index (χ0n) is 15.9. The van der Waals surface area contributed by atoms with Crippen molar-refractivity contribution in [1.29, 1.82) is 0 Å². The Kier molecular flexibility index (Phi) is 7.11.